The van der Waals surface area contributed by atoms with Crippen molar-refractivity contribution in [2.75, 3.05) is 19.7 Å². The third kappa shape index (κ3) is 4.15. The van der Waals surface area contributed by atoms with E-state index < -0.39 is 0 Å². The first-order valence-corrected chi connectivity index (χ1v) is 7.67. The summed E-state index contributed by atoms with van der Waals surface area (Å²) in [4.78, 5) is 18.7. The van der Waals surface area contributed by atoms with Crippen LogP contribution in [0.25, 0.3) is 0 Å². The number of carbonyl (C=O) groups excluding carboxylic acids is 1. The lowest BCUT2D eigenvalue weighted by molar-refractivity contribution is -0.183. The number of halogens is 2. The summed E-state index contributed by atoms with van der Waals surface area (Å²) in [5, 5.41) is 3.36. The van der Waals surface area contributed by atoms with Crippen LogP contribution in [0, 0.1) is 6.92 Å². The van der Waals surface area contributed by atoms with Crippen molar-refractivity contribution in [1.29, 1.82) is 0 Å². The summed E-state index contributed by atoms with van der Waals surface area (Å²) >= 11 is 0. The van der Waals surface area contributed by atoms with E-state index in [0.29, 0.717) is 6.54 Å². The monoisotopic (exact) mass is 361 g/mol. The van der Waals surface area contributed by atoms with E-state index >= 15 is 0 Å². The number of aryl methyl sites for hydroxylation is 1. The van der Waals surface area contributed by atoms with Crippen LogP contribution < -0.4 is 5.32 Å². The maximum Gasteiger partial charge on any atom is 0.249 e. The van der Waals surface area contributed by atoms with Gasteiger partial charge >= 0.3 is 0 Å². The number of morpholine rings is 1. The van der Waals surface area contributed by atoms with E-state index in [4.69, 9.17) is 4.74 Å². The van der Waals surface area contributed by atoms with Crippen LogP contribution in [0.4, 0.5) is 0 Å². The summed E-state index contributed by atoms with van der Waals surface area (Å²) < 4.78 is 5.97. The van der Waals surface area contributed by atoms with Crippen molar-refractivity contribution in [3.63, 3.8) is 0 Å². The predicted molar refractivity (Wildman–Crippen MR) is 94.3 cm³/mol. The molecular weight excluding hydrogens is 337 g/mol. The molecule has 2 saturated heterocycles. The van der Waals surface area contributed by atoms with Crippen molar-refractivity contribution in [3.8, 4) is 0 Å². The first-order valence-electron chi connectivity index (χ1n) is 7.67. The molecule has 7 heteroatoms. The quantitative estimate of drug-likeness (QED) is 0.876. The van der Waals surface area contributed by atoms with Gasteiger partial charge in [-0.3, -0.25) is 9.78 Å². The van der Waals surface area contributed by atoms with Crippen LogP contribution in [0.1, 0.15) is 31.2 Å². The summed E-state index contributed by atoms with van der Waals surface area (Å²) in [7, 11) is 0. The molecule has 130 valence electrons. The van der Waals surface area contributed by atoms with Crippen molar-refractivity contribution < 1.29 is 9.53 Å². The van der Waals surface area contributed by atoms with E-state index in [-0.39, 0.29) is 49.0 Å². The first kappa shape index (κ1) is 20.2. The van der Waals surface area contributed by atoms with E-state index in [2.05, 4.69) is 17.2 Å². The Hall–Kier alpha value is -0.880. The molecule has 5 nitrogen and oxygen atoms in total. The molecule has 1 N–H and O–H groups in total. The minimum Gasteiger partial charge on any atom is -0.363 e. The van der Waals surface area contributed by atoms with Crippen molar-refractivity contribution in [2.24, 2.45) is 0 Å². The Kier molecular flexibility index (Phi) is 7.27. The van der Waals surface area contributed by atoms with E-state index in [1.165, 1.54) is 0 Å². The molecule has 1 unspecified atom stereocenters. The fourth-order valence-electron chi connectivity index (χ4n) is 3.41. The molecule has 1 aromatic heterocycles. The topological polar surface area (TPSA) is 54.5 Å². The van der Waals surface area contributed by atoms with Gasteiger partial charge in [0.2, 0.25) is 5.91 Å². The zero-order valence-corrected chi connectivity index (χ0v) is 15.2. The fourth-order valence-corrected chi connectivity index (χ4v) is 3.41. The average Bonchev–Trinajstić information content (AvgIpc) is 2.49. The summed E-state index contributed by atoms with van der Waals surface area (Å²) in [6, 6.07) is 6.04. The lowest BCUT2D eigenvalue weighted by Gasteiger charge is -2.50. The van der Waals surface area contributed by atoms with Gasteiger partial charge in [-0.1, -0.05) is 6.07 Å². The number of nitrogens with one attached hydrogen (secondary N) is 1. The number of ether oxygens (including phenoxy) is 1. The van der Waals surface area contributed by atoms with E-state index in [1.54, 1.807) is 0 Å². The molecule has 2 aliphatic heterocycles. The average molecular weight is 362 g/mol. The predicted octanol–water partition coefficient (Wildman–Crippen LogP) is 2.10. The number of pyridine rings is 1. The van der Waals surface area contributed by atoms with Crippen LogP contribution in [0.15, 0.2) is 18.2 Å². The molecule has 1 amide bonds. The molecule has 3 rings (SSSR count). The Bertz CT molecular complexity index is 536. The van der Waals surface area contributed by atoms with Gasteiger partial charge in [0.25, 0.3) is 0 Å². The van der Waals surface area contributed by atoms with E-state index in [9.17, 15) is 4.79 Å². The van der Waals surface area contributed by atoms with Crippen LogP contribution in [0.2, 0.25) is 0 Å². The number of carbonyl (C=O) groups is 1. The Balaban J connectivity index is 0.00000132. The van der Waals surface area contributed by atoms with Crippen molar-refractivity contribution in [1.82, 2.24) is 15.2 Å². The Morgan fingerprint density at radius 3 is 2.70 bits per heavy atom. The number of nitrogens with zero attached hydrogens (tertiary/aromatic N) is 2. The number of hydrogen-bond donors (Lipinski definition) is 1. The van der Waals surface area contributed by atoms with Crippen LogP contribution in [-0.2, 0) is 16.1 Å². The Labute approximate surface area is 150 Å². The van der Waals surface area contributed by atoms with Gasteiger partial charge in [0.15, 0.2) is 0 Å². The molecule has 0 aromatic carbocycles. The molecule has 1 atom stereocenters. The molecular formula is C16H25Cl2N3O2. The summed E-state index contributed by atoms with van der Waals surface area (Å²) in [5.41, 5.74) is 1.74. The second-order valence-corrected chi connectivity index (χ2v) is 6.07. The van der Waals surface area contributed by atoms with Gasteiger partial charge in [0.05, 0.1) is 23.9 Å². The van der Waals surface area contributed by atoms with Crippen molar-refractivity contribution >= 4 is 30.7 Å². The molecule has 1 aromatic rings. The number of rotatable bonds is 2. The minimum atomic E-state index is -0.191. The zero-order chi connectivity index (χ0) is 14.9. The highest BCUT2D eigenvalue weighted by Gasteiger charge is 2.46. The molecule has 2 aliphatic rings. The number of piperidine rings is 1. The van der Waals surface area contributed by atoms with Gasteiger partial charge in [-0.05, 0) is 51.9 Å². The summed E-state index contributed by atoms with van der Waals surface area (Å²) in [6.45, 7) is 6.75. The lowest BCUT2D eigenvalue weighted by atomic mass is 9.83. The second-order valence-electron chi connectivity index (χ2n) is 6.07. The lowest BCUT2D eigenvalue weighted by Crippen LogP contribution is -2.63. The zero-order valence-electron chi connectivity index (χ0n) is 13.6. The highest BCUT2D eigenvalue weighted by atomic mass is 35.5. The standard InChI is InChI=1S/C16H23N3O2.2ClH/c1-12-4-3-5-14(18-12)10-19-13(2)16(21-11-15(19)20)6-8-17-9-7-16;;/h3-5,13,17H,6-11H2,1-2H3;2*1H. The molecule has 1 spiro atoms. The van der Waals surface area contributed by atoms with Gasteiger partial charge in [-0.15, -0.1) is 24.8 Å². The molecule has 0 aliphatic carbocycles. The normalized spacial score (nSPS) is 23.1. The summed E-state index contributed by atoms with van der Waals surface area (Å²) in [5.74, 6) is 0.0648. The third-order valence-electron chi connectivity index (χ3n) is 4.76. The summed E-state index contributed by atoms with van der Waals surface area (Å²) in [6.07, 6.45) is 1.92. The number of amides is 1. The molecule has 2 fully saturated rings. The molecule has 3 heterocycles. The van der Waals surface area contributed by atoms with E-state index in [1.807, 2.05) is 30.0 Å². The smallest absolute Gasteiger partial charge is 0.249 e. The van der Waals surface area contributed by atoms with Gasteiger partial charge in [0.1, 0.15) is 6.61 Å². The van der Waals surface area contributed by atoms with Gasteiger partial charge in [-0.25, -0.2) is 0 Å². The fraction of sp³-hybridized carbons (Fsp3) is 0.625. The number of aromatic nitrogens is 1. The van der Waals surface area contributed by atoms with Gasteiger partial charge in [-0.2, -0.15) is 0 Å². The SMILES string of the molecule is Cc1cccc(CN2C(=O)COC3(CCNCC3)C2C)n1.Cl.Cl. The highest BCUT2D eigenvalue weighted by molar-refractivity contribution is 5.85. The maximum atomic E-state index is 12.3. The van der Waals surface area contributed by atoms with Crippen LogP contribution in [0.5, 0.6) is 0 Å². The van der Waals surface area contributed by atoms with Crippen molar-refractivity contribution in [3.05, 3.63) is 29.6 Å². The van der Waals surface area contributed by atoms with Crippen LogP contribution in [0.3, 0.4) is 0 Å². The van der Waals surface area contributed by atoms with Crippen LogP contribution in [-0.4, -0.2) is 47.1 Å². The highest BCUT2D eigenvalue weighted by Crippen LogP contribution is 2.34. The third-order valence-corrected chi connectivity index (χ3v) is 4.76. The van der Waals surface area contributed by atoms with Gasteiger partial charge < -0.3 is 15.0 Å². The second kappa shape index (κ2) is 8.29. The minimum absolute atomic E-state index is 0. The Morgan fingerprint density at radius 1 is 1.35 bits per heavy atom. The largest absolute Gasteiger partial charge is 0.363 e. The maximum absolute atomic E-state index is 12.3. The molecule has 0 saturated carbocycles. The molecule has 0 bridgehead atoms. The molecule has 0 radical (unpaired) electrons. The van der Waals surface area contributed by atoms with Gasteiger partial charge in [0, 0.05) is 5.69 Å². The van der Waals surface area contributed by atoms with Crippen molar-refractivity contribution in [2.45, 2.75) is 44.9 Å². The van der Waals surface area contributed by atoms with E-state index in [0.717, 1.165) is 37.3 Å². The molecule has 23 heavy (non-hydrogen) atoms. The first-order chi connectivity index (χ1) is 10.1. The van der Waals surface area contributed by atoms with Crippen LogP contribution >= 0.6 is 24.8 Å². The number of hydrogen-bond acceptors (Lipinski definition) is 4. The Morgan fingerprint density at radius 2 is 2.04 bits per heavy atom.